The lowest BCUT2D eigenvalue weighted by Crippen LogP contribution is -1.84. The maximum Gasteiger partial charge on any atom is 0.290 e. The fraction of sp³-hybridized carbons (Fsp3) is 0.222. The lowest BCUT2D eigenvalue weighted by molar-refractivity contribution is -0.122. The van der Waals surface area contributed by atoms with Gasteiger partial charge in [-0.2, -0.15) is 0 Å². The van der Waals surface area contributed by atoms with E-state index in [1.165, 1.54) is 0 Å². The minimum atomic E-state index is -0.250. The SMILES string of the molecule is C=C/C=C\C(=C)OCC.O=CO. The molecule has 0 radical (unpaired) electrons. The van der Waals surface area contributed by atoms with Crippen molar-refractivity contribution in [3.63, 3.8) is 0 Å². The van der Waals surface area contributed by atoms with Gasteiger partial charge in [-0.3, -0.25) is 4.79 Å². The Bertz CT molecular complexity index is 159. The van der Waals surface area contributed by atoms with Crippen LogP contribution in [0.5, 0.6) is 0 Å². The Labute approximate surface area is 72.7 Å². The molecule has 0 heterocycles. The van der Waals surface area contributed by atoms with Crippen LogP contribution in [0.3, 0.4) is 0 Å². The maximum absolute atomic E-state index is 8.36. The Morgan fingerprint density at radius 2 is 2.17 bits per heavy atom. The quantitative estimate of drug-likeness (QED) is 0.398. The van der Waals surface area contributed by atoms with Gasteiger partial charge >= 0.3 is 0 Å². The highest BCUT2D eigenvalue weighted by Gasteiger charge is 1.80. The first-order chi connectivity index (χ1) is 5.72. The van der Waals surface area contributed by atoms with Crippen LogP contribution >= 0.6 is 0 Å². The molecule has 0 amide bonds. The Hall–Kier alpha value is -1.51. The molecule has 1 N–H and O–H groups in total. The van der Waals surface area contributed by atoms with Crippen molar-refractivity contribution in [1.29, 1.82) is 0 Å². The van der Waals surface area contributed by atoms with Crippen LogP contribution in [-0.2, 0) is 9.53 Å². The third-order valence-corrected chi connectivity index (χ3v) is 0.748. The average Bonchev–Trinajstić information content (AvgIpc) is 2.03. The summed E-state index contributed by atoms with van der Waals surface area (Å²) in [6.45, 7) is 9.47. The first-order valence-corrected chi connectivity index (χ1v) is 3.41. The van der Waals surface area contributed by atoms with Crippen LogP contribution in [-0.4, -0.2) is 18.2 Å². The van der Waals surface area contributed by atoms with Gasteiger partial charge in [-0.15, -0.1) is 0 Å². The normalized spacial score (nSPS) is 8.08. The molecule has 0 aliphatic rings. The largest absolute Gasteiger partial charge is 0.495 e. The van der Waals surface area contributed by atoms with Gasteiger partial charge in [0, 0.05) is 0 Å². The Morgan fingerprint density at radius 3 is 2.50 bits per heavy atom. The predicted molar refractivity (Wildman–Crippen MR) is 48.8 cm³/mol. The molecule has 68 valence electrons. The molecular weight excluding hydrogens is 156 g/mol. The summed E-state index contributed by atoms with van der Waals surface area (Å²) in [6.07, 6.45) is 5.25. The van der Waals surface area contributed by atoms with Gasteiger partial charge in [0.1, 0.15) is 5.76 Å². The smallest absolute Gasteiger partial charge is 0.290 e. The van der Waals surface area contributed by atoms with Crippen molar-refractivity contribution in [2.24, 2.45) is 0 Å². The Kier molecular flexibility index (Phi) is 13.3. The zero-order valence-corrected chi connectivity index (χ0v) is 7.19. The summed E-state index contributed by atoms with van der Waals surface area (Å²) in [5.41, 5.74) is 0. The van der Waals surface area contributed by atoms with Gasteiger partial charge in [0.2, 0.25) is 0 Å². The number of rotatable bonds is 4. The molecule has 0 fully saturated rings. The van der Waals surface area contributed by atoms with Crippen molar-refractivity contribution in [2.75, 3.05) is 6.61 Å². The van der Waals surface area contributed by atoms with Crippen molar-refractivity contribution < 1.29 is 14.6 Å². The molecule has 0 aliphatic heterocycles. The molecule has 0 aromatic rings. The number of hydrogen-bond donors (Lipinski definition) is 1. The minimum Gasteiger partial charge on any atom is -0.495 e. The molecule has 0 bridgehead atoms. The number of carbonyl (C=O) groups is 1. The standard InChI is InChI=1S/C8H12O.CH2O2/c1-4-6-7-8(3)9-5-2;2-1-3/h4,6-7H,1,3,5H2,2H3;1H,(H,2,3)/b7-6-;. The molecule has 0 aliphatic carbocycles. The molecule has 0 rings (SSSR count). The van der Waals surface area contributed by atoms with E-state index in [9.17, 15) is 0 Å². The van der Waals surface area contributed by atoms with E-state index < -0.39 is 0 Å². The summed E-state index contributed by atoms with van der Waals surface area (Å²) in [7, 11) is 0. The van der Waals surface area contributed by atoms with Crippen LogP contribution in [0.15, 0.2) is 37.1 Å². The monoisotopic (exact) mass is 170 g/mol. The second-order valence-electron chi connectivity index (χ2n) is 1.60. The topological polar surface area (TPSA) is 46.5 Å². The first-order valence-electron chi connectivity index (χ1n) is 3.41. The molecule has 0 saturated heterocycles. The number of ether oxygens (including phenoxy) is 1. The van der Waals surface area contributed by atoms with Crippen LogP contribution in [0.4, 0.5) is 0 Å². The summed E-state index contributed by atoms with van der Waals surface area (Å²) < 4.78 is 5.01. The van der Waals surface area contributed by atoms with E-state index in [-0.39, 0.29) is 6.47 Å². The highest BCUT2D eigenvalue weighted by atomic mass is 16.5. The van der Waals surface area contributed by atoms with Crippen LogP contribution in [0.1, 0.15) is 6.92 Å². The number of allylic oxidation sites excluding steroid dienone is 3. The molecular formula is C9H14O3. The maximum atomic E-state index is 8.36. The molecule has 12 heavy (non-hydrogen) atoms. The number of hydrogen-bond acceptors (Lipinski definition) is 2. The van der Waals surface area contributed by atoms with E-state index in [2.05, 4.69) is 13.2 Å². The van der Waals surface area contributed by atoms with Crippen LogP contribution in [0.25, 0.3) is 0 Å². The van der Waals surface area contributed by atoms with Gasteiger partial charge in [0.05, 0.1) is 6.61 Å². The van der Waals surface area contributed by atoms with E-state index in [1.807, 2.05) is 6.92 Å². The molecule has 0 saturated carbocycles. The molecule has 0 unspecified atom stereocenters. The minimum absolute atomic E-state index is 0.250. The van der Waals surface area contributed by atoms with Gasteiger partial charge in [-0.25, -0.2) is 0 Å². The van der Waals surface area contributed by atoms with E-state index in [4.69, 9.17) is 14.6 Å². The first kappa shape index (κ1) is 13.1. The van der Waals surface area contributed by atoms with Gasteiger partial charge in [0.15, 0.2) is 0 Å². The lowest BCUT2D eigenvalue weighted by atomic mass is 10.4. The van der Waals surface area contributed by atoms with Gasteiger partial charge in [0.25, 0.3) is 6.47 Å². The Morgan fingerprint density at radius 1 is 1.67 bits per heavy atom. The lowest BCUT2D eigenvalue weighted by Gasteiger charge is -1.98. The second-order valence-corrected chi connectivity index (χ2v) is 1.60. The van der Waals surface area contributed by atoms with E-state index >= 15 is 0 Å². The molecule has 0 aromatic heterocycles. The van der Waals surface area contributed by atoms with Crippen molar-refractivity contribution in [3.8, 4) is 0 Å². The Balaban J connectivity index is 0. The van der Waals surface area contributed by atoms with Crippen molar-refractivity contribution >= 4 is 6.47 Å². The third-order valence-electron chi connectivity index (χ3n) is 0.748. The fourth-order valence-electron chi connectivity index (χ4n) is 0.409. The van der Waals surface area contributed by atoms with E-state index in [0.717, 1.165) is 0 Å². The van der Waals surface area contributed by atoms with Crippen LogP contribution in [0, 0.1) is 0 Å². The zero-order chi connectivity index (χ0) is 9.82. The summed E-state index contributed by atoms with van der Waals surface area (Å²) in [6, 6.07) is 0. The summed E-state index contributed by atoms with van der Waals surface area (Å²) in [5, 5.41) is 6.89. The molecule has 0 aromatic carbocycles. The highest BCUT2D eigenvalue weighted by Crippen LogP contribution is 1.93. The number of carboxylic acid groups (broad SMARTS) is 1. The summed E-state index contributed by atoms with van der Waals surface area (Å²) in [4.78, 5) is 8.36. The van der Waals surface area contributed by atoms with Crippen molar-refractivity contribution in [3.05, 3.63) is 37.1 Å². The fourth-order valence-corrected chi connectivity index (χ4v) is 0.409. The van der Waals surface area contributed by atoms with Crippen molar-refractivity contribution in [2.45, 2.75) is 6.92 Å². The van der Waals surface area contributed by atoms with Crippen LogP contribution in [0.2, 0.25) is 0 Å². The average molecular weight is 170 g/mol. The van der Waals surface area contributed by atoms with Gasteiger partial charge < -0.3 is 9.84 Å². The zero-order valence-electron chi connectivity index (χ0n) is 7.19. The molecule has 3 heteroatoms. The van der Waals surface area contributed by atoms with Crippen LogP contribution < -0.4 is 0 Å². The molecule has 3 nitrogen and oxygen atoms in total. The second kappa shape index (κ2) is 12.2. The molecule has 0 spiro atoms. The highest BCUT2D eigenvalue weighted by molar-refractivity contribution is 5.32. The van der Waals surface area contributed by atoms with Crippen molar-refractivity contribution in [1.82, 2.24) is 0 Å². The summed E-state index contributed by atoms with van der Waals surface area (Å²) in [5.74, 6) is 0.678. The van der Waals surface area contributed by atoms with Gasteiger partial charge in [-0.1, -0.05) is 25.3 Å². The third kappa shape index (κ3) is 15.8. The predicted octanol–water partition coefficient (Wildman–Crippen LogP) is 1.98. The van der Waals surface area contributed by atoms with E-state index in [1.54, 1.807) is 18.2 Å². The molecule has 0 atom stereocenters. The summed E-state index contributed by atoms with van der Waals surface area (Å²) >= 11 is 0. The van der Waals surface area contributed by atoms with E-state index in [0.29, 0.717) is 12.4 Å². The van der Waals surface area contributed by atoms with Gasteiger partial charge in [-0.05, 0) is 13.0 Å².